The van der Waals surface area contributed by atoms with Gasteiger partial charge in [0.2, 0.25) is 0 Å². The van der Waals surface area contributed by atoms with E-state index in [4.69, 9.17) is 0 Å². The summed E-state index contributed by atoms with van der Waals surface area (Å²) in [6.45, 7) is 4.33. The summed E-state index contributed by atoms with van der Waals surface area (Å²) in [6.07, 6.45) is 3.04. The highest BCUT2D eigenvalue weighted by Crippen LogP contribution is 2.13. The largest absolute Gasteiger partial charge is 0.312 e. The minimum absolute atomic E-state index is 0. The Labute approximate surface area is 90.5 Å². The summed E-state index contributed by atoms with van der Waals surface area (Å²) < 4.78 is 0. The van der Waals surface area contributed by atoms with E-state index in [1.54, 1.807) is 0 Å². The van der Waals surface area contributed by atoms with E-state index in [0.717, 1.165) is 25.4 Å². The van der Waals surface area contributed by atoms with Gasteiger partial charge >= 0.3 is 0 Å². The van der Waals surface area contributed by atoms with Gasteiger partial charge in [0.15, 0.2) is 0 Å². The fourth-order valence-corrected chi connectivity index (χ4v) is 1.54. The van der Waals surface area contributed by atoms with Gasteiger partial charge in [0.05, 0.1) is 6.20 Å². The third-order valence-corrected chi connectivity index (χ3v) is 2.17. The first-order valence-electron chi connectivity index (χ1n) is 4.08. The number of hydrogen-bond donors (Lipinski definition) is 2. The van der Waals surface area contributed by atoms with Crippen LogP contribution in [0.4, 0.5) is 0 Å². The van der Waals surface area contributed by atoms with E-state index in [1.165, 1.54) is 11.3 Å². The summed E-state index contributed by atoms with van der Waals surface area (Å²) in [5, 5.41) is 10.4. The third kappa shape index (κ3) is 2.86. The van der Waals surface area contributed by atoms with Gasteiger partial charge in [-0.25, -0.2) is 0 Å². The lowest BCUT2D eigenvalue weighted by Gasteiger charge is -2.04. The summed E-state index contributed by atoms with van der Waals surface area (Å²) in [5.74, 6) is 0.719. The first kappa shape index (κ1) is 12.8. The van der Waals surface area contributed by atoms with Crippen molar-refractivity contribution < 1.29 is 0 Å². The number of aromatic nitrogens is 2. The molecular weight excluding hydrogens is 209 g/mol. The van der Waals surface area contributed by atoms with Crippen molar-refractivity contribution in [2.45, 2.75) is 19.9 Å². The Bertz CT molecular complexity index is 249. The van der Waals surface area contributed by atoms with Crippen LogP contribution >= 0.6 is 24.8 Å². The lowest BCUT2D eigenvalue weighted by atomic mass is 10.1. The average Bonchev–Trinajstić information content (AvgIpc) is 2.31. The molecule has 0 bridgehead atoms. The van der Waals surface area contributed by atoms with Gasteiger partial charge < -0.3 is 5.32 Å². The summed E-state index contributed by atoms with van der Waals surface area (Å²) in [6, 6.07) is 0. The van der Waals surface area contributed by atoms with Gasteiger partial charge in [0, 0.05) is 17.8 Å². The van der Waals surface area contributed by atoms with Crippen molar-refractivity contribution in [2.75, 3.05) is 6.54 Å². The van der Waals surface area contributed by atoms with Gasteiger partial charge in [-0.2, -0.15) is 5.10 Å². The molecule has 1 aliphatic rings. The summed E-state index contributed by atoms with van der Waals surface area (Å²) in [4.78, 5) is 0. The molecule has 0 radical (unpaired) electrons. The molecule has 1 unspecified atom stereocenters. The van der Waals surface area contributed by atoms with Crippen LogP contribution in [0.5, 0.6) is 0 Å². The fraction of sp³-hybridized carbons (Fsp3) is 0.625. The Hall–Kier alpha value is -0.250. The van der Waals surface area contributed by atoms with E-state index in [2.05, 4.69) is 22.4 Å². The van der Waals surface area contributed by atoms with Crippen molar-refractivity contribution in [2.24, 2.45) is 5.92 Å². The highest BCUT2D eigenvalue weighted by Gasteiger charge is 2.13. The maximum atomic E-state index is 4.01. The molecule has 0 spiro atoms. The first-order valence-corrected chi connectivity index (χ1v) is 4.08. The number of rotatable bonds is 0. The maximum absolute atomic E-state index is 4.01. The molecule has 1 aromatic heterocycles. The quantitative estimate of drug-likeness (QED) is 0.701. The van der Waals surface area contributed by atoms with Gasteiger partial charge in [-0.3, -0.25) is 5.10 Å². The maximum Gasteiger partial charge on any atom is 0.0535 e. The zero-order chi connectivity index (χ0) is 7.68. The standard InChI is InChI=1S/C8H13N3.2ClH/c1-6-2-8-7(4-9-3-6)5-10-11-8;;/h5-6,9H,2-4H2,1H3,(H,10,11);2*1H. The Morgan fingerprint density at radius 1 is 1.46 bits per heavy atom. The van der Waals surface area contributed by atoms with Gasteiger partial charge in [0.1, 0.15) is 0 Å². The number of aromatic amines is 1. The van der Waals surface area contributed by atoms with E-state index in [0.29, 0.717) is 0 Å². The Kier molecular flexibility index (Phi) is 5.37. The average molecular weight is 224 g/mol. The van der Waals surface area contributed by atoms with Crippen LogP contribution in [0.1, 0.15) is 18.2 Å². The molecule has 2 N–H and O–H groups in total. The molecule has 0 fully saturated rings. The monoisotopic (exact) mass is 223 g/mol. The molecule has 5 heteroatoms. The topological polar surface area (TPSA) is 40.7 Å². The zero-order valence-corrected chi connectivity index (χ0v) is 9.17. The molecule has 1 aliphatic heterocycles. The number of H-pyrrole nitrogens is 1. The fourth-order valence-electron chi connectivity index (χ4n) is 1.54. The van der Waals surface area contributed by atoms with E-state index in [9.17, 15) is 0 Å². The SMILES string of the molecule is CC1CNCc2cn[nH]c2C1.Cl.Cl. The molecule has 1 atom stereocenters. The molecule has 76 valence electrons. The molecule has 0 saturated heterocycles. The lowest BCUT2D eigenvalue weighted by Crippen LogP contribution is -2.18. The molecular formula is C8H15Cl2N3. The second kappa shape index (κ2) is 5.47. The summed E-state index contributed by atoms with van der Waals surface area (Å²) in [5.41, 5.74) is 2.64. The second-order valence-electron chi connectivity index (χ2n) is 3.31. The molecule has 0 amide bonds. The van der Waals surface area contributed by atoms with E-state index in [-0.39, 0.29) is 24.8 Å². The highest BCUT2D eigenvalue weighted by atomic mass is 35.5. The number of fused-ring (bicyclic) bond motifs is 1. The van der Waals surface area contributed by atoms with E-state index < -0.39 is 0 Å². The van der Waals surface area contributed by atoms with Crippen molar-refractivity contribution in [1.82, 2.24) is 15.5 Å². The molecule has 1 aromatic rings. The molecule has 2 heterocycles. The van der Waals surface area contributed by atoms with Crippen LogP contribution in [0, 0.1) is 5.92 Å². The van der Waals surface area contributed by atoms with Gasteiger partial charge in [-0.05, 0) is 18.9 Å². The van der Waals surface area contributed by atoms with Crippen molar-refractivity contribution in [1.29, 1.82) is 0 Å². The molecule has 0 aliphatic carbocycles. The highest BCUT2D eigenvalue weighted by molar-refractivity contribution is 5.85. The second-order valence-corrected chi connectivity index (χ2v) is 3.31. The summed E-state index contributed by atoms with van der Waals surface area (Å²) in [7, 11) is 0. The smallest absolute Gasteiger partial charge is 0.0535 e. The predicted molar refractivity (Wildman–Crippen MR) is 57.7 cm³/mol. The van der Waals surface area contributed by atoms with Gasteiger partial charge in [-0.1, -0.05) is 6.92 Å². The zero-order valence-electron chi connectivity index (χ0n) is 7.54. The van der Waals surface area contributed by atoms with Gasteiger partial charge in [-0.15, -0.1) is 24.8 Å². The molecule has 0 aromatic carbocycles. The van der Waals surface area contributed by atoms with Crippen molar-refractivity contribution >= 4 is 24.8 Å². The number of halogens is 2. The lowest BCUT2D eigenvalue weighted by molar-refractivity contribution is 0.528. The van der Waals surface area contributed by atoms with Crippen molar-refractivity contribution in [3.8, 4) is 0 Å². The van der Waals surface area contributed by atoms with Crippen LogP contribution in [0.3, 0.4) is 0 Å². The minimum Gasteiger partial charge on any atom is -0.312 e. The third-order valence-electron chi connectivity index (χ3n) is 2.17. The molecule has 13 heavy (non-hydrogen) atoms. The number of nitrogens with one attached hydrogen (secondary N) is 2. The summed E-state index contributed by atoms with van der Waals surface area (Å²) >= 11 is 0. The Balaban J connectivity index is 0.000000720. The first-order chi connectivity index (χ1) is 5.36. The normalized spacial score (nSPS) is 20.5. The number of nitrogens with zero attached hydrogens (tertiary/aromatic N) is 1. The van der Waals surface area contributed by atoms with Crippen LogP contribution in [-0.4, -0.2) is 16.7 Å². The molecule has 2 rings (SSSR count). The molecule has 3 nitrogen and oxygen atoms in total. The minimum atomic E-state index is 0. The van der Waals surface area contributed by atoms with Crippen LogP contribution in [0.2, 0.25) is 0 Å². The van der Waals surface area contributed by atoms with Crippen LogP contribution in [0.25, 0.3) is 0 Å². The predicted octanol–water partition coefficient (Wildman–Crippen LogP) is 1.54. The van der Waals surface area contributed by atoms with Crippen LogP contribution in [-0.2, 0) is 13.0 Å². The van der Waals surface area contributed by atoms with E-state index >= 15 is 0 Å². The van der Waals surface area contributed by atoms with Crippen molar-refractivity contribution in [3.05, 3.63) is 17.5 Å². The Morgan fingerprint density at radius 2 is 2.23 bits per heavy atom. The van der Waals surface area contributed by atoms with E-state index in [1.807, 2.05) is 6.20 Å². The molecule has 0 saturated carbocycles. The van der Waals surface area contributed by atoms with Crippen molar-refractivity contribution in [3.63, 3.8) is 0 Å². The number of hydrogen-bond acceptors (Lipinski definition) is 2. The van der Waals surface area contributed by atoms with Crippen LogP contribution in [0.15, 0.2) is 6.20 Å². The van der Waals surface area contributed by atoms with Gasteiger partial charge in [0.25, 0.3) is 0 Å². The Morgan fingerprint density at radius 3 is 3.00 bits per heavy atom. The van der Waals surface area contributed by atoms with Crippen LogP contribution < -0.4 is 5.32 Å².